The maximum Gasteiger partial charge on any atom is 0.118 e. The number of fused-ring (bicyclic) bond motifs is 1. The van der Waals surface area contributed by atoms with Gasteiger partial charge in [0.1, 0.15) is 13.1 Å². The largest absolute Gasteiger partial charge is 0.370 e. The fourth-order valence-corrected chi connectivity index (χ4v) is 9.82. The lowest BCUT2D eigenvalue weighted by Gasteiger charge is -2.30. The van der Waals surface area contributed by atoms with E-state index in [0.29, 0.717) is 13.2 Å². The Bertz CT molecular complexity index is 926. The van der Waals surface area contributed by atoms with Gasteiger partial charge in [0.25, 0.3) is 0 Å². The Morgan fingerprint density at radius 2 is 1.81 bits per heavy atom. The predicted molar refractivity (Wildman–Crippen MR) is 122 cm³/mol. The molecule has 0 fully saturated rings. The van der Waals surface area contributed by atoms with Crippen LogP contribution in [0.25, 0.3) is 10.9 Å². The van der Waals surface area contributed by atoms with Crippen molar-refractivity contribution in [1.29, 1.82) is 0 Å². The molecule has 0 aliphatic rings. The lowest BCUT2D eigenvalue weighted by atomic mass is 10.2. The number of aromatic nitrogens is 2. The number of hydrogen-bond donors (Lipinski definition) is 0. The molecule has 0 aliphatic carbocycles. The van der Waals surface area contributed by atoms with Gasteiger partial charge in [-0.15, -0.1) is 11.3 Å². The molecule has 0 aliphatic heterocycles. The first kappa shape index (κ1) is 20.1. The minimum absolute atomic E-state index is 0.582. The summed E-state index contributed by atoms with van der Waals surface area (Å²) in [6.07, 6.45) is 3.74. The molecule has 0 saturated carbocycles. The highest BCUT2D eigenvalue weighted by Crippen LogP contribution is 2.23. The lowest BCUT2D eigenvalue weighted by molar-refractivity contribution is 0.145. The zero-order chi connectivity index (χ0) is 19.5. The van der Waals surface area contributed by atoms with Crippen LogP contribution in [0.5, 0.6) is 0 Å². The van der Waals surface area contributed by atoms with E-state index in [0.717, 1.165) is 10.5 Å². The second-order valence-corrected chi connectivity index (χ2v) is 18.9. The molecule has 3 nitrogen and oxygen atoms in total. The number of thiazole rings is 1. The smallest absolute Gasteiger partial charge is 0.118 e. The maximum atomic E-state index is 6.12. The van der Waals surface area contributed by atoms with E-state index in [1.165, 1.54) is 15.8 Å². The highest BCUT2D eigenvalue weighted by Gasteiger charge is 2.32. The number of pyridine rings is 1. The molecule has 3 aromatic rings. The molecule has 142 valence electrons. The second kappa shape index (κ2) is 8.18. The van der Waals surface area contributed by atoms with Crippen LogP contribution >= 0.6 is 11.3 Å². The van der Waals surface area contributed by atoms with Gasteiger partial charge in [-0.3, -0.25) is 4.98 Å². The summed E-state index contributed by atoms with van der Waals surface area (Å²) in [4.78, 5) is 9.05. The molecule has 0 amide bonds. The number of ether oxygens (including phenoxy) is 1. The Balaban J connectivity index is 1.95. The van der Waals surface area contributed by atoms with Gasteiger partial charge in [-0.05, 0) is 11.3 Å². The molecular formula is C21H28N2OSSi2. The third kappa shape index (κ3) is 5.01. The molecule has 0 spiro atoms. The number of rotatable bonds is 7. The van der Waals surface area contributed by atoms with Crippen LogP contribution in [0.4, 0.5) is 0 Å². The van der Waals surface area contributed by atoms with E-state index in [4.69, 9.17) is 9.72 Å². The monoisotopic (exact) mass is 412 g/mol. The average Bonchev–Trinajstić information content (AvgIpc) is 3.12. The van der Waals surface area contributed by atoms with Gasteiger partial charge in [-0.25, -0.2) is 4.98 Å². The van der Waals surface area contributed by atoms with Crippen LogP contribution in [-0.2, 0) is 11.3 Å². The van der Waals surface area contributed by atoms with Gasteiger partial charge in [0, 0.05) is 23.2 Å². The average molecular weight is 413 g/mol. The molecule has 0 N–H and O–H groups in total. The van der Waals surface area contributed by atoms with E-state index in [2.05, 4.69) is 67.7 Å². The molecule has 6 heteroatoms. The topological polar surface area (TPSA) is 35.0 Å². The van der Waals surface area contributed by atoms with Crippen LogP contribution in [0.3, 0.4) is 0 Å². The minimum atomic E-state index is -1.91. The van der Waals surface area contributed by atoms with Crippen molar-refractivity contribution in [2.24, 2.45) is 0 Å². The minimum Gasteiger partial charge on any atom is -0.370 e. The van der Waals surface area contributed by atoms with Crippen molar-refractivity contribution in [2.75, 3.05) is 6.61 Å². The molecule has 27 heavy (non-hydrogen) atoms. The van der Waals surface area contributed by atoms with Crippen molar-refractivity contribution >= 4 is 43.6 Å². The van der Waals surface area contributed by atoms with Gasteiger partial charge in [0.15, 0.2) is 0 Å². The summed E-state index contributed by atoms with van der Waals surface area (Å²) in [5.74, 6) is 0. The van der Waals surface area contributed by atoms with E-state index in [1.807, 2.05) is 23.8 Å². The molecule has 2 heterocycles. The van der Waals surface area contributed by atoms with Crippen LogP contribution in [0, 0.1) is 0 Å². The van der Waals surface area contributed by atoms with Crippen molar-refractivity contribution < 1.29 is 4.74 Å². The molecule has 0 radical (unpaired) electrons. The quantitative estimate of drug-likeness (QED) is 0.502. The van der Waals surface area contributed by atoms with E-state index < -0.39 is 16.1 Å². The molecule has 0 atom stereocenters. The fraction of sp³-hybridized carbons (Fsp3) is 0.333. The van der Waals surface area contributed by atoms with Crippen molar-refractivity contribution in [1.82, 2.24) is 9.97 Å². The highest BCUT2D eigenvalue weighted by atomic mass is 32.1. The molecule has 1 aromatic carbocycles. The molecule has 0 saturated heterocycles. The number of nitrogens with zero attached hydrogens (tertiary/aromatic N) is 2. The molecular weight excluding hydrogens is 384 g/mol. The van der Waals surface area contributed by atoms with Gasteiger partial charge in [0.2, 0.25) is 0 Å². The standard InChI is InChI=1S/C21H28N2OSSi2/c1-26(2,3)16-18(14-24-15-20-22-12-13-25-20)27(4,5)19-10-6-8-17-9-7-11-23-21(17)19/h6-13,16H,14-15H2,1-5H3/b18-16+. The summed E-state index contributed by atoms with van der Waals surface area (Å²) in [5, 5.41) is 7.11. The fourth-order valence-electron chi connectivity index (χ4n) is 3.28. The van der Waals surface area contributed by atoms with Crippen molar-refractivity contribution in [3.05, 3.63) is 64.0 Å². The first-order chi connectivity index (χ1) is 12.8. The Morgan fingerprint density at radius 1 is 1.04 bits per heavy atom. The summed E-state index contributed by atoms with van der Waals surface area (Å²) in [7, 11) is -3.30. The molecule has 2 aromatic heterocycles. The second-order valence-electron chi connectivity index (χ2n) is 8.46. The zero-order valence-electron chi connectivity index (χ0n) is 16.8. The van der Waals surface area contributed by atoms with Gasteiger partial charge in [0.05, 0.1) is 26.8 Å². The zero-order valence-corrected chi connectivity index (χ0v) is 19.6. The molecule has 0 bridgehead atoms. The third-order valence-electron chi connectivity index (χ3n) is 4.68. The van der Waals surface area contributed by atoms with E-state index in [9.17, 15) is 0 Å². The normalized spacial score (nSPS) is 13.3. The maximum absolute atomic E-state index is 6.12. The van der Waals surface area contributed by atoms with Crippen LogP contribution in [-0.4, -0.2) is 32.7 Å². The van der Waals surface area contributed by atoms with E-state index in [1.54, 1.807) is 11.3 Å². The number of hydrogen-bond acceptors (Lipinski definition) is 4. The van der Waals surface area contributed by atoms with Crippen molar-refractivity contribution in [3.8, 4) is 0 Å². The Labute approximate surface area is 168 Å². The Kier molecular flexibility index (Phi) is 6.10. The first-order valence-corrected chi connectivity index (χ1v) is 16.8. The SMILES string of the molecule is C[Si](C)(C)/C=C(\COCc1nccs1)[Si](C)(C)c1cccc2cccnc12. The number of benzene rings is 1. The summed E-state index contributed by atoms with van der Waals surface area (Å²) < 4.78 is 6.12. The predicted octanol–water partition coefficient (Wildman–Crippen LogP) is 5.17. The van der Waals surface area contributed by atoms with Crippen molar-refractivity contribution in [2.45, 2.75) is 39.3 Å². The Morgan fingerprint density at radius 3 is 2.52 bits per heavy atom. The van der Waals surface area contributed by atoms with Crippen LogP contribution in [0.2, 0.25) is 32.7 Å². The van der Waals surface area contributed by atoms with E-state index in [-0.39, 0.29) is 0 Å². The molecule has 0 unspecified atom stereocenters. The van der Waals surface area contributed by atoms with E-state index >= 15 is 0 Å². The van der Waals surface area contributed by atoms with Crippen molar-refractivity contribution in [3.63, 3.8) is 0 Å². The summed E-state index contributed by atoms with van der Waals surface area (Å²) >= 11 is 1.65. The third-order valence-corrected chi connectivity index (χ3v) is 10.6. The number of para-hydroxylation sites is 1. The summed E-state index contributed by atoms with van der Waals surface area (Å²) in [5.41, 5.74) is 3.68. The Hall–Kier alpha value is -1.61. The molecule has 3 rings (SSSR count). The van der Waals surface area contributed by atoms with Gasteiger partial charge < -0.3 is 4.74 Å². The highest BCUT2D eigenvalue weighted by molar-refractivity contribution is 7.09. The van der Waals surface area contributed by atoms with Crippen LogP contribution in [0.15, 0.2) is 59.0 Å². The first-order valence-electron chi connectivity index (χ1n) is 9.30. The van der Waals surface area contributed by atoms with Crippen LogP contribution < -0.4 is 5.19 Å². The van der Waals surface area contributed by atoms with Gasteiger partial charge >= 0.3 is 0 Å². The summed E-state index contributed by atoms with van der Waals surface area (Å²) in [6.45, 7) is 13.3. The van der Waals surface area contributed by atoms with Gasteiger partial charge in [-0.1, -0.05) is 67.9 Å². The van der Waals surface area contributed by atoms with Gasteiger partial charge in [-0.2, -0.15) is 0 Å². The van der Waals surface area contributed by atoms with Crippen LogP contribution in [0.1, 0.15) is 5.01 Å². The lowest BCUT2D eigenvalue weighted by Crippen LogP contribution is -2.47. The summed E-state index contributed by atoms with van der Waals surface area (Å²) in [6, 6.07) is 10.7.